The molecule has 3 nitrogen and oxygen atoms in total. The number of aliphatic hydroxyl groups is 1. The molecule has 0 radical (unpaired) electrons. The minimum absolute atomic E-state index is 0.0628. The third-order valence-corrected chi connectivity index (χ3v) is 2.82. The van der Waals surface area contributed by atoms with E-state index < -0.39 is 17.7 Å². The molecule has 0 saturated heterocycles. The number of halogens is 2. The van der Waals surface area contributed by atoms with Crippen molar-refractivity contribution in [1.82, 2.24) is 0 Å². The van der Waals surface area contributed by atoms with E-state index in [9.17, 15) is 8.78 Å². The topological polar surface area (TPSA) is 49.5 Å². The van der Waals surface area contributed by atoms with Gasteiger partial charge < -0.3 is 15.7 Å². The molecule has 0 heterocycles. The molecule has 0 aliphatic carbocycles. The van der Waals surface area contributed by atoms with Crippen LogP contribution >= 0.6 is 12.2 Å². The van der Waals surface area contributed by atoms with Crippen molar-refractivity contribution in [2.24, 2.45) is 5.73 Å². The predicted octanol–water partition coefficient (Wildman–Crippen LogP) is 1.42. The summed E-state index contributed by atoms with van der Waals surface area (Å²) >= 11 is 4.66. The van der Waals surface area contributed by atoms with Crippen LogP contribution in [0.25, 0.3) is 0 Å². The molecule has 1 unspecified atom stereocenters. The third kappa shape index (κ3) is 2.89. The van der Waals surface area contributed by atoms with Crippen molar-refractivity contribution in [3.05, 3.63) is 29.3 Å². The second-order valence-corrected chi connectivity index (χ2v) is 4.24. The molecule has 1 aromatic carbocycles. The van der Waals surface area contributed by atoms with E-state index >= 15 is 0 Å². The van der Waals surface area contributed by atoms with E-state index in [1.54, 1.807) is 6.92 Å². The summed E-state index contributed by atoms with van der Waals surface area (Å²) < 4.78 is 27.5. The lowest BCUT2D eigenvalue weighted by atomic mass is 10.1. The number of hydrogen-bond donors (Lipinski definition) is 2. The highest BCUT2D eigenvalue weighted by molar-refractivity contribution is 7.80. The van der Waals surface area contributed by atoms with Gasteiger partial charge in [-0.25, -0.2) is 8.78 Å². The maximum atomic E-state index is 13.7. The van der Waals surface area contributed by atoms with Crippen molar-refractivity contribution in [1.29, 1.82) is 0 Å². The fraction of sp³-hybridized carbons (Fsp3) is 0.364. The van der Waals surface area contributed by atoms with Gasteiger partial charge in [0, 0.05) is 18.7 Å². The lowest BCUT2D eigenvalue weighted by molar-refractivity contribution is 0.269. The van der Waals surface area contributed by atoms with Gasteiger partial charge in [-0.3, -0.25) is 0 Å². The Morgan fingerprint density at radius 2 is 1.94 bits per heavy atom. The smallest absolute Gasteiger partial charge is 0.150 e. The first-order chi connectivity index (χ1) is 7.88. The summed E-state index contributed by atoms with van der Waals surface area (Å²) in [7, 11) is 1.50. The monoisotopic (exact) mass is 260 g/mol. The van der Waals surface area contributed by atoms with Crippen molar-refractivity contribution in [3.63, 3.8) is 0 Å². The number of benzene rings is 1. The molecule has 1 aromatic rings. The standard InChI is InChI=1S/C11H14F2N2OS/c1-6(5-16)15(2)10-8(12)3-7(11(14)17)4-9(10)13/h3-4,6,16H,5H2,1-2H3,(H2,14,17). The molecule has 0 amide bonds. The van der Waals surface area contributed by atoms with Crippen LogP contribution in [0.4, 0.5) is 14.5 Å². The van der Waals surface area contributed by atoms with Gasteiger partial charge in [-0.2, -0.15) is 0 Å². The summed E-state index contributed by atoms with van der Waals surface area (Å²) in [5.74, 6) is -1.51. The van der Waals surface area contributed by atoms with Crippen molar-refractivity contribution in [2.75, 3.05) is 18.6 Å². The summed E-state index contributed by atoms with van der Waals surface area (Å²) in [4.78, 5) is 1.26. The lowest BCUT2D eigenvalue weighted by Gasteiger charge is -2.26. The van der Waals surface area contributed by atoms with Crippen LogP contribution in [0, 0.1) is 11.6 Å². The molecule has 0 spiro atoms. The summed E-state index contributed by atoms with van der Waals surface area (Å²) in [5, 5.41) is 8.96. The Kier molecular flexibility index (Phi) is 4.36. The molecule has 0 bridgehead atoms. The van der Waals surface area contributed by atoms with Crippen LogP contribution in [0.3, 0.4) is 0 Å². The van der Waals surface area contributed by atoms with Gasteiger partial charge in [0.1, 0.15) is 22.3 Å². The third-order valence-electron chi connectivity index (χ3n) is 2.58. The van der Waals surface area contributed by atoms with Gasteiger partial charge in [-0.15, -0.1) is 0 Å². The van der Waals surface area contributed by atoms with E-state index in [1.807, 2.05) is 0 Å². The minimum Gasteiger partial charge on any atom is -0.394 e. The van der Waals surface area contributed by atoms with Crippen LogP contribution in [-0.2, 0) is 0 Å². The fourth-order valence-electron chi connectivity index (χ4n) is 1.39. The van der Waals surface area contributed by atoms with Crippen LogP contribution in [0.1, 0.15) is 12.5 Å². The Bertz CT molecular complexity index is 416. The Hall–Kier alpha value is -1.27. The predicted molar refractivity (Wildman–Crippen MR) is 67.2 cm³/mol. The largest absolute Gasteiger partial charge is 0.394 e. The van der Waals surface area contributed by atoms with E-state index in [0.717, 1.165) is 12.1 Å². The van der Waals surface area contributed by atoms with E-state index in [0.29, 0.717) is 0 Å². The van der Waals surface area contributed by atoms with Crippen LogP contribution in [0.2, 0.25) is 0 Å². The Morgan fingerprint density at radius 1 is 1.47 bits per heavy atom. The van der Waals surface area contributed by atoms with Gasteiger partial charge in [-0.1, -0.05) is 12.2 Å². The number of rotatable bonds is 4. The maximum Gasteiger partial charge on any atom is 0.150 e. The zero-order valence-electron chi connectivity index (χ0n) is 9.58. The average molecular weight is 260 g/mol. The molecule has 3 N–H and O–H groups in total. The first-order valence-corrected chi connectivity index (χ1v) is 5.41. The SMILES string of the molecule is CC(CO)N(C)c1c(F)cc(C(N)=S)cc1F. The molecule has 6 heteroatoms. The second-order valence-electron chi connectivity index (χ2n) is 3.80. The number of aliphatic hydroxyl groups excluding tert-OH is 1. The molecule has 0 aliphatic rings. The number of thiocarbonyl (C=S) groups is 1. The second kappa shape index (κ2) is 5.37. The molecule has 0 saturated carbocycles. The Balaban J connectivity index is 3.22. The summed E-state index contributed by atoms with van der Waals surface area (Å²) in [6, 6.07) is 1.78. The zero-order chi connectivity index (χ0) is 13.2. The van der Waals surface area contributed by atoms with Crippen LogP contribution in [0.15, 0.2) is 12.1 Å². The lowest BCUT2D eigenvalue weighted by Crippen LogP contribution is -2.33. The molecule has 1 rings (SSSR count). The number of nitrogens with zero attached hydrogens (tertiary/aromatic N) is 1. The van der Waals surface area contributed by atoms with Gasteiger partial charge in [-0.05, 0) is 19.1 Å². The van der Waals surface area contributed by atoms with Crippen molar-refractivity contribution >= 4 is 22.9 Å². The van der Waals surface area contributed by atoms with Crippen molar-refractivity contribution in [3.8, 4) is 0 Å². The van der Waals surface area contributed by atoms with Crippen molar-refractivity contribution < 1.29 is 13.9 Å². The molecule has 94 valence electrons. The molecule has 17 heavy (non-hydrogen) atoms. The summed E-state index contributed by atoms with van der Waals surface area (Å²) in [5.41, 5.74) is 5.25. The molecular weight excluding hydrogens is 246 g/mol. The van der Waals surface area contributed by atoms with E-state index in [2.05, 4.69) is 12.2 Å². The van der Waals surface area contributed by atoms with Crippen LogP contribution < -0.4 is 10.6 Å². The minimum atomic E-state index is -0.754. The average Bonchev–Trinajstić information content (AvgIpc) is 2.26. The highest BCUT2D eigenvalue weighted by atomic mass is 32.1. The zero-order valence-corrected chi connectivity index (χ0v) is 10.4. The highest BCUT2D eigenvalue weighted by Crippen LogP contribution is 2.25. The van der Waals surface area contributed by atoms with E-state index in [1.165, 1.54) is 11.9 Å². The Labute approximate surface area is 104 Å². The Morgan fingerprint density at radius 3 is 2.29 bits per heavy atom. The van der Waals surface area contributed by atoms with Gasteiger partial charge in [0.2, 0.25) is 0 Å². The maximum absolute atomic E-state index is 13.7. The number of nitrogens with two attached hydrogens (primary N) is 1. The summed E-state index contributed by atoms with van der Waals surface area (Å²) in [6.45, 7) is 1.45. The number of likely N-dealkylation sites (N-methyl/N-ethyl adjacent to an activating group) is 1. The molecule has 0 aromatic heterocycles. The number of hydrogen-bond acceptors (Lipinski definition) is 3. The summed E-state index contributed by atoms with van der Waals surface area (Å²) in [6.07, 6.45) is 0. The molecule has 1 atom stereocenters. The first kappa shape index (κ1) is 13.8. The normalized spacial score (nSPS) is 12.3. The van der Waals surface area contributed by atoms with Gasteiger partial charge in [0.15, 0.2) is 0 Å². The van der Waals surface area contributed by atoms with Crippen molar-refractivity contribution in [2.45, 2.75) is 13.0 Å². The van der Waals surface area contributed by atoms with Gasteiger partial charge >= 0.3 is 0 Å². The fourth-order valence-corrected chi connectivity index (χ4v) is 1.51. The van der Waals surface area contributed by atoms with Crippen LogP contribution in [0.5, 0.6) is 0 Å². The van der Waals surface area contributed by atoms with E-state index in [-0.39, 0.29) is 22.8 Å². The first-order valence-electron chi connectivity index (χ1n) is 5.01. The van der Waals surface area contributed by atoms with Crippen LogP contribution in [-0.4, -0.2) is 29.8 Å². The molecule has 0 aliphatic heterocycles. The van der Waals surface area contributed by atoms with Gasteiger partial charge in [0.25, 0.3) is 0 Å². The van der Waals surface area contributed by atoms with E-state index in [4.69, 9.17) is 10.8 Å². The van der Waals surface area contributed by atoms with Gasteiger partial charge in [0.05, 0.1) is 6.61 Å². The quantitative estimate of drug-likeness (QED) is 0.804. The molecular formula is C11H14F2N2OS. The molecule has 0 fully saturated rings. The highest BCUT2D eigenvalue weighted by Gasteiger charge is 2.19. The number of anilines is 1.